The van der Waals surface area contributed by atoms with Crippen LogP contribution in [0.4, 0.5) is 0 Å². The Hall–Kier alpha value is -1.05. The first-order valence-electron chi connectivity index (χ1n) is 13.8. The molecule has 0 aliphatic heterocycles. The molecule has 0 amide bonds. The summed E-state index contributed by atoms with van der Waals surface area (Å²) >= 11 is 0. The van der Waals surface area contributed by atoms with Crippen molar-refractivity contribution >= 4 is 5.97 Å². The van der Waals surface area contributed by atoms with Crippen LogP contribution in [0.1, 0.15) is 149 Å². The third-order valence-corrected chi connectivity index (χ3v) is 5.84. The number of esters is 1. The summed E-state index contributed by atoms with van der Waals surface area (Å²) in [4.78, 5) is 11.8. The largest absolute Gasteiger partial charge is 0.466 e. The van der Waals surface area contributed by atoms with Gasteiger partial charge in [0.05, 0.1) is 6.61 Å². The molecule has 0 spiro atoms. The molecule has 0 rings (SSSR count). The van der Waals surface area contributed by atoms with Gasteiger partial charge in [-0.1, -0.05) is 122 Å². The molecule has 0 heterocycles. The van der Waals surface area contributed by atoms with Gasteiger partial charge in [0.15, 0.2) is 0 Å². The van der Waals surface area contributed by atoms with E-state index in [1.54, 1.807) is 0 Å². The molecule has 0 aliphatic carbocycles. The predicted molar refractivity (Wildman–Crippen MR) is 138 cm³/mol. The molecule has 0 fully saturated rings. The Bertz CT molecular complexity index is 411. The topological polar surface area (TPSA) is 26.3 Å². The number of carbonyl (C=O) groups excluding carboxylic acids is 1. The molecule has 0 aromatic carbocycles. The van der Waals surface area contributed by atoms with Crippen LogP contribution in [0.3, 0.4) is 0 Å². The van der Waals surface area contributed by atoms with E-state index >= 15 is 0 Å². The second-order valence-electron chi connectivity index (χ2n) is 9.03. The van der Waals surface area contributed by atoms with Gasteiger partial charge in [0.1, 0.15) is 0 Å². The maximum Gasteiger partial charge on any atom is 0.305 e. The van der Waals surface area contributed by atoms with Crippen molar-refractivity contribution in [2.75, 3.05) is 6.61 Å². The molecule has 0 atom stereocenters. The van der Waals surface area contributed by atoms with E-state index < -0.39 is 0 Å². The van der Waals surface area contributed by atoms with E-state index in [-0.39, 0.29) is 5.97 Å². The first-order chi connectivity index (χ1) is 15.3. The van der Waals surface area contributed by atoms with Gasteiger partial charge in [-0.15, -0.1) is 0 Å². The first-order valence-corrected chi connectivity index (χ1v) is 13.8. The molecule has 0 aromatic rings. The van der Waals surface area contributed by atoms with Crippen LogP contribution in [0.15, 0.2) is 24.3 Å². The fourth-order valence-electron chi connectivity index (χ4n) is 3.75. The Kier molecular flexibility index (Phi) is 26.1. The highest BCUT2D eigenvalue weighted by atomic mass is 16.5. The molecule has 0 saturated carbocycles. The number of hydrogen-bond acceptors (Lipinski definition) is 2. The molecule has 0 saturated heterocycles. The van der Waals surface area contributed by atoms with Gasteiger partial charge in [-0.3, -0.25) is 4.79 Å². The molecule has 0 aliphatic rings. The zero-order valence-electron chi connectivity index (χ0n) is 21.2. The molecule has 0 bridgehead atoms. The van der Waals surface area contributed by atoms with E-state index in [0.717, 1.165) is 25.7 Å². The fraction of sp³-hybridized carbons (Fsp3) is 0.828. The second kappa shape index (κ2) is 27.0. The molecular formula is C29H54O2. The summed E-state index contributed by atoms with van der Waals surface area (Å²) in [6.07, 6.45) is 34.9. The van der Waals surface area contributed by atoms with Gasteiger partial charge in [-0.2, -0.15) is 0 Å². The molecule has 182 valence electrons. The zero-order chi connectivity index (χ0) is 22.7. The average molecular weight is 435 g/mol. The van der Waals surface area contributed by atoms with Crippen molar-refractivity contribution in [3.05, 3.63) is 24.3 Å². The average Bonchev–Trinajstić information content (AvgIpc) is 2.77. The smallest absolute Gasteiger partial charge is 0.305 e. The Morgan fingerprint density at radius 3 is 1.61 bits per heavy atom. The maximum absolute atomic E-state index is 11.8. The summed E-state index contributed by atoms with van der Waals surface area (Å²) in [6.45, 7) is 5.13. The Balaban J connectivity index is 3.24. The van der Waals surface area contributed by atoms with Crippen LogP contribution in [-0.4, -0.2) is 12.6 Å². The van der Waals surface area contributed by atoms with Crippen molar-refractivity contribution in [2.24, 2.45) is 0 Å². The van der Waals surface area contributed by atoms with Gasteiger partial charge < -0.3 is 4.74 Å². The molecular weight excluding hydrogens is 380 g/mol. The van der Waals surface area contributed by atoms with E-state index in [0.29, 0.717) is 13.0 Å². The minimum absolute atomic E-state index is 0.00486. The van der Waals surface area contributed by atoms with Crippen molar-refractivity contribution in [2.45, 2.75) is 149 Å². The van der Waals surface area contributed by atoms with Gasteiger partial charge in [-0.05, 0) is 44.9 Å². The van der Waals surface area contributed by atoms with Crippen LogP contribution in [0, 0.1) is 0 Å². The molecule has 0 radical (unpaired) electrons. The molecule has 2 heteroatoms. The highest BCUT2D eigenvalue weighted by Gasteiger charge is 2.02. The molecule has 2 nitrogen and oxygen atoms in total. The SMILES string of the molecule is CCCCCC=CCC=CCCCCCCCC(=O)OCCCCCCCCCCC. The number of carbonyl (C=O) groups is 1. The van der Waals surface area contributed by atoms with Gasteiger partial charge >= 0.3 is 5.97 Å². The van der Waals surface area contributed by atoms with E-state index in [1.807, 2.05) is 0 Å². The van der Waals surface area contributed by atoms with Crippen LogP contribution in [0.2, 0.25) is 0 Å². The lowest BCUT2D eigenvalue weighted by Crippen LogP contribution is -2.05. The van der Waals surface area contributed by atoms with E-state index in [4.69, 9.17) is 4.74 Å². The first kappa shape index (κ1) is 29.9. The molecule has 31 heavy (non-hydrogen) atoms. The van der Waals surface area contributed by atoms with Crippen LogP contribution >= 0.6 is 0 Å². The van der Waals surface area contributed by atoms with Crippen molar-refractivity contribution in [3.63, 3.8) is 0 Å². The number of rotatable bonds is 24. The van der Waals surface area contributed by atoms with Gasteiger partial charge in [0.25, 0.3) is 0 Å². The summed E-state index contributed by atoms with van der Waals surface area (Å²) in [5.74, 6) is 0.00486. The van der Waals surface area contributed by atoms with Crippen LogP contribution in [0.25, 0.3) is 0 Å². The van der Waals surface area contributed by atoms with Crippen LogP contribution < -0.4 is 0 Å². The summed E-state index contributed by atoms with van der Waals surface area (Å²) in [7, 11) is 0. The second-order valence-corrected chi connectivity index (χ2v) is 9.03. The number of ether oxygens (including phenoxy) is 1. The third kappa shape index (κ3) is 26.9. The number of hydrogen-bond donors (Lipinski definition) is 0. The highest BCUT2D eigenvalue weighted by molar-refractivity contribution is 5.69. The highest BCUT2D eigenvalue weighted by Crippen LogP contribution is 2.11. The lowest BCUT2D eigenvalue weighted by molar-refractivity contribution is -0.143. The molecule has 0 aromatic heterocycles. The van der Waals surface area contributed by atoms with Gasteiger partial charge in [0.2, 0.25) is 0 Å². The van der Waals surface area contributed by atoms with Crippen LogP contribution in [-0.2, 0) is 9.53 Å². The van der Waals surface area contributed by atoms with Crippen molar-refractivity contribution in [1.29, 1.82) is 0 Å². The van der Waals surface area contributed by atoms with Crippen molar-refractivity contribution in [1.82, 2.24) is 0 Å². The fourth-order valence-corrected chi connectivity index (χ4v) is 3.75. The van der Waals surface area contributed by atoms with E-state index in [2.05, 4.69) is 38.2 Å². The Labute approximate surface area is 195 Å². The standard InChI is InChI=1S/C29H54O2/c1-3-5-7-9-11-13-14-15-16-17-18-19-21-23-25-27-29(30)31-28-26-24-22-20-12-10-8-6-4-2/h11,13,15-16H,3-10,12,14,17-28H2,1-2H3. The summed E-state index contributed by atoms with van der Waals surface area (Å²) < 4.78 is 5.37. The minimum atomic E-state index is 0.00486. The Morgan fingerprint density at radius 2 is 1.00 bits per heavy atom. The summed E-state index contributed by atoms with van der Waals surface area (Å²) in [6, 6.07) is 0. The van der Waals surface area contributed by atoms with Crippen molar-refractivity contribution < 1.29 is 9.53 Å². The monoisotopic (exact) mass is 434 g/mol. The maximum atomic E-state index is 11.8. The number of unbranched alkanes of at least 4 members (excludes halogenated alkanes) is 16. The molecule has 0 unspecified atom stereocenters. The number of allylic oxidation sites excluding steroid dienone is 4. The molecule has 0 N–H and O–H groups in total. The van der Waals surface area contributed by atoms with Gasteiger partial charge in [-0.25, -0.2) is 0 Å². The quantitative estimate of drug-likeness (QED) is 0.0858. The van der Waals surface area contributed by atoms with E-state index in [9.17, 15) is 4.79 Å². The summed E-state index contributed by atoms with van der Waals surface area (Å²) in [5.41, 5.74) is 0. The minimum Gasteiger partial charge on any atom is -0.466 e. The van der Waals surface area contributed by atoms with Crippen LogP contribution in [0.5, 0.6) is 0 Å². The van der Waals surface area contributed by atoms with Crippen molar-refractivity contribution in [3.8, 4) is 0 Å². The zero-order valence-corrected chi connectivity index (χ0v) is 21.2. The predicted octanol–water partition coefficient (Wildman–Crippen LogP) is 9.87. The van der Waals surface area contributed by atoms with E-state index in [1.165, 1.54) is 103 Å². The lowest BCUT2D eigenvalue weighted by atomic mass is 10.1. The Morgan fingerprint density at radius 1 is 0.548 bits per heavy atom. The third-order valence-electron chi connectivity index (χ3n) is 5.84. The van der Waals surface area contributed by atoms with Gasteiger partial charge in [0, 0.05) is 6.42 Å². The summed E-state index contributed by atoms with van der Waals surface area (Å²) in [5, 5.41) is 0. The normalized spacial score (nSPS) is 11.7. The lowest BCUT2D eigenvalue weighted by Gasteiger charge is -2.05.